The third-order valence-electron chi connectivity index (χ3n) is 4.54. The topological polar surface area (TPSA) is 189 Å². The SMILES string of the molecule is CCCCCOC(=O)N(c1nc2nc(N(C)C)ncc2[nH]1)[C@H](CCCN=C(N)N)C(=O)O. The summed E-state index contributed by atoms with van der Waals surface area (Å²) in [7, 11) is 3.57. The van der Waals surface area contributed by atoms with Gasteiger partial charge in [0.1, 0.15) is 11.6 Å². The van der Waals surface area contributed by atoms with E-state index in [9.17, 15) is 14.7 Å². The third-order valence-corrected chi connectivity index (χ3v) is 4.54. The van der Waals surface area contributed by atoms with Gasteiger partial charge in [0.15, 0.2) is 11.6 Å². The smallest absolute Gasteiger partial charge is 0.417 e. The number of carboxylic acid groups (broad SMARTS) is 1. The van der Waals surface area contributed by atoms with E-state index >= 15 is 0 Å². The van der Waals surface area contributed by atoms with E-state index in [1.807, 2.05) is 6.92 Å². The number of anilines is 2. The van der Waals surface area contributed by atoms with Crippen LogP contribution in [-0.2, 0) is 9.53 Å². The van der Waals surface area contributed by atoms with Crippen LogP contribution >= 0.6 is 0 Å². The summed E-state index contributed by atoms with van der Waals surface area (Å²) in [6, 6.07) is -1.25. The maximum atomic E-state index is 12.9. The van der Waals surface area contributed by atoms with E-state index < -0.39 is 18.1 Å². The van der Waals surface area contributed by atoms with Gasteiger partial charge in [-0.1, -0.05) is 19.8 Å². The number of aromatic amines is 1. The van der Waals surface area contributed by atoms with Gasteiger partial charge in [-0.25, -0.2) is 19.5 Å². The number of aromatic nitrogens is 4. The van der Waals surface area contributed by atoms with E-state index in [-0.39, 0.29) is 31.5 Å². The molecule has 13 nitrogen and oxygen atoms in total. The number of carboxylic acids is 1. The molecule has 0 aromatic carbocycles. The average molecular weight is 450 g/mol. The Balaban J connectivity index is 2.35. The fourth-order valence-corrected chi connectivity index (χ4v) is 2.91. The van der Waals surface area contributed by atoms with Gasteiger partial charge in [-0.2, -0.15) is 9.97 Å². The van der Waals surface area contributed by atoms with Crippen molar-refractivity contribution in [2.75, 3.05) is 37.0 Å². The summed E-state index contributed by atoms with van der Waals surface area (Å²) in [6.07, 6.45) is 3.65. The van der Waals surface area contributed by atoms with E-state index in [1.165, 1.54) is 6.20 Å². The van der Waals surface area contributed by atoms with E-state index in [4.69, 9.17) is 16.2 Å². The first-order valence-corrected chi connectivity index (χ1v) is 10.4. The zero-order valence-electron chi connectivity index (χ0n) is 18.6. The molecule has 0 spiro atoms. The Kier molecular flexibility index (Phi) is 8.98. The highest BCUT2D eigenvalue weighted by Crippen LogP contribution is 2.22. The van der Waals surface area contributed by atoms with Crippen molar-refractivity contribution in [2.24, 2.45) is 16.5 Å². The van der Waals surface area contributed by atoms with Crippen LogP contribution in [0.5, 0.6) is 0 Å². The number of guanidine groups is 1. The molecule has 2 rings (SSSR count). The van der Waals surface area contributed by atoms with Crippen molar-refractivity contribution in [1.82, 2.24) is 19.9 Å². The largest absolute Gasteiger partial charge is 0.480 e. The number of rotatable bonds is 12. The van der Waals surface area contributed by atoms with Crippen molar-refractivity contribution in [3.8, 4) is 0 Å². The third kappa shape index (κ3) is 6.68. The molecule has 6 N–H and O–H groups in total. The summed E-state index contributed by atoms with van der Waals surface area (Å²) in [5, 5.41) is 9.85. The van der Waals surface area contributed by atoms with Gasteiger partial charge in [0.2, 0.25) is 11.9 Å². The fraction of sp³-hybridized carbons (Fsp3) is 0.579. The van der Waals surface area contributed by atoms with Gasteiger partial charge in [-0.05, 0) is 19.3 Å². The Labute approximate surface area is 185 Å². The van der Waals surface area contributed by atoms with Crippen LogP contribution in [0.2, 0.25) is 0 Å². The summed E-state index contributed by atoms with van der Waals surface area (Å²) < 4.78 is 5.35. The summed E-state index contributed by atoms with van der Waals surface area (Å²) in [5.74, 6) is -0.853. The highest BCUT2D eigenvalue weighted by atomic mass is 16.6. The highest BCUT2D eigenvalue weighted by Gasteiger charge is 2.34. The monoisotopic (exact) mass is 449 g/mol. The lowest BCUT2D eigenvalue weighted by atomic mass is 10.1. The highest BCUT2D eigenvalue weighted by molar-refractivity contribution is 5.94. The number of hydrogen-bond donors (Lipinski definition) is 4. The molecule has 0 fully saturated rings. The maximum absolute atomic E-state index is 12.9. The number of amides is 1. The lowest BCUT2D eigenvalue weighted by Gasteiger charge is -2.26. The number of fused-ring (bicyclic) bond motifs is 1. The van der Waals surface area contributed by atoms with E-state index in [1.54, 1.807) is 19.0 Å². The number of carbonyl (C=O) groups excluding carboxylic acids is 1. The lowest BCUT2D eigenvalue weighted by Crippen LogP contribution is -2.46. The Morgan fingerprint density at radius 3 is 2.62 bits per heavy atom. The molecule has 0 saturated heterocycles. The molecular weight excluding hydrogens is 418 g/mol. The first kappa shape index (κ1) is 24.6. The normalized spacial score (nSPS) is 11.7. The summed E-state index contributed by atoms with van der Waals surface area (Å²) in [5.41, 5.74) is 11.4. The van der Waals surface area contributed by atoms with Crippen molar-refractivity contribution in [2.45, 2.75) is 45.1 Å². The Bertz CT molecular complexity index is 940. The predicted octanol–water partition coefficient (Wildman–Crippen LogP) is 1.06. The van der Waals surface area contributed by atoms with E-state index in [0.717, 1.165) is 17.7 Å². The molecule has 0 aliphatic carbocycles. The number of unbranched alkanes of at least 4 members (excludes halogenated alkanes) is 2. The predicted molar refractivity (Wildman–Crippen MR) is 121 cm³/mol. The molecule has 1 amide bonds. The molecular formula is C19H31N9O4. The van der Waals surface area contributed by atoms with Crippen LogP contribution in [0.1, 0.15) is 39.0 Å². The van der Waals surface area contributed by atoms with E-state index in [0.29, 0.717) is 30.0 Å². The summed E-state index contributed by atoms with van der Waals surface area (Å²) in [4.78, 5) is 47.4. The number of nitrogens with two attached hydrogens (primary N) is 2. The second kappa shape index (κ2) is 11.7. The van der Waals surface area contributed by atoms with Crippen LogP contribution in [0.25, 0.3) is 11.2 Å². The Morgan fingerprint density at radius 1 is 1.25 bits per heavy atom. The molecule has 13 heteroatoms. The van der Waals surface area contributed by atoms with E-state index in [2.05, 4.69) is 24.9 Å². The zero-order valence-corrected chi connectivity index (χ0v) is 18.6. The van der Waals surface area contributed by atoms with Crippen LogP contribution in [0.3, 0.4) is 0 Å². The minimum atomic E-state index is -1.25. The molecule has 2 aromatic heterocycles. The number of H-pyrrole nitrogens is 1. The molecule has 2 heterocycles. The molecule has 0 aliphatic rings. The van der Waals surface area contributed by atoms with Gasteiger partial charge >= 0.3 is 12.1 Å². The second-order valence-corrected chi connectivity index (χ2v) is 7.36. The number of aliphatic imine (C=N–C) groups is 1. The molecule has 0 bridgehead atoms. The minimum absolute atomic E-state index is 0.0138. The lowest BCUT2D eigenvalue weighted by molar-refractivity contribution is -0.138. The van der Waals surface area contributed by atoms with Gasteiger partial charge in [0.05, 0.1) is 12.8 Å². The number of nitrogens with one attached hydrogen (secondary N) is 1. The average Bonchev–Trinajstić information content (AvgIpc) is 3.15. The Morgan fingerprint density at radius 2 is 2.00 bits per heavy atom. The standard InChI is InChI=1S/C19H31N9O4/c1-4-5-6-10-32-19(31)28(13(15(29)30)8-7-9-22-16(20)21)18-24-12-11-23-17(27(2)3)25-14(12)26-18/h11,13H,4-10H2,1-3H3,(H,29,30)(H4,20,21,22)(H,23,24,25,26)/t13-/m1/s1. The van der Waals surface area contributed by atoms with Gasteiger partial charge in [0.25, 0.3) is 0 Å². The zero-order chi connectivity index (χ0) is 23.7. The molecule has 0 unspecified atom stereocenters. The molecule has 0 saturated carbocycles. The van der Waals surface area contributed by atoms with Gasteiger partial charge in [-0.15, -0.1) is 0 Å². The first-order chi connectivity index (χ1) is 15.2. The maximum Gasteiger partial charge on any atom is 0.417 e. The van der Waals surface area contributed by atoms with Gasteiger partial charge in [0, 0.05) is 20.6 Å². The van der Waals surface area contributed by atoms with Crippen molar-refractivity contribution in [3.05, 3.63) is 6.20 Å². The molecule has 0 aliphatic heterocycles. The molecule has 1 atom stereocenters. The van der Waals surface area contributed by atoms with Crippen molar-refractivity contribution in [3.63, 3.8) is 0 Å². The summed E-state index contributed by atoms with van der Waals surface area (Å²) in [6.45, 7) is 2.43. The van der Waals surface area contributed by atoms with Crippen molar-refractivity contribution < 1.29 is 19.4 Å². The minimum Gasteiger partial charge on any atom is -0.480 e. The number of imidazole rings is 1. The van der Waals surface area contributed by atoms with Crippen LogP contribution in [0.15, 0.2) is 11.2 Å². The molecule has 32 heavy (non-hydrogen) atoms. The van der Waals surface area contributed by atoms with Crippen LogP contribution in [0.4, 0.5) is 16.7 Å². The first-order valence-electron chi connectivity index (χ1n) is 10.4. The number of nitrogens with zero attached hydrogens (tertiary/aromatic N) is 6. The van der Waals surface area contributed by atoms with Crippen LogP contribution in [0, 0.1) is 0 Å². The summed E-state index contributed by atoms with van der Waals surface area (Å²) >= 11 is 0. The molecule has 2 aromatic rings. The number of ether oxygens (including phenoxy) is 1. The quantitative estimate of drug-likeness (QED) is 0.207. The fourth-order valence-electron chi connectivity index (χ4n) is 2.91. The number of aliphatic carboxylic acids is 1. The number of carbonyl (C=O) groups is 2. The molecule has 176 valence electrons. The number of hydrogen-bond acceptors (Lipinski definition) is 8. The van der Waals surface area contributed by atoms with Crippen LogP contribution in [-0.4, -0.2) is 76.4 Å². The van der Waals surface area contributed by atoms with Crippen LogP contribution < -0.4 is 21.3 Å². The van der Waals surface area contributed by atoms with Crippen molar-refractivity contribution >= 4 is 41.1 Å². The second-order valence-electron chi connectivity index (χ2n) is 7.36. The Hall–Kier alpha value is -3.64. The van der Waals surface area contributed by atoms with Gasteiger partial charge in [-0.3, -0.25) is 4.99 Å². The van der Waals surface area contributed by atoms with Gasteiger partial charge < -0.3 is 31.2 Å². The molecule has 0 radical (unpaired) electrons. The van der Waals surface area contributed by atoms with Crippen molar-refractivity contribution in [1.29, 1.82) is 0 Å².